The topological polar surface area (TPSA) is 67.8 Å². The summed E-state index contributed by atoms with van der Waals surface area (Å²) in [7, 11) is 0. The van der Waals surface area contributed by atoms with Gasteiger partial charge in [-0.05, 0) is 52.0 Å². The molecule has 0 saturated carbocycles. The van der Waals surface area contributed by atoms with Crippen LogP contribution in [0.5, 0.6) is 0 Å². The SMILES string of the molecule is C[C@H](Cc1cncc(Cl)n1)c1cccc(NC(=O)c2cncc(Br)c2)c1. The number of aromatic nitrogens is 3. The molecule has 1 amide bonds. The Hall–Kier alpha value is -2.31. The van der Waals surface area contributed by atoms with Crippen LogP contribution >= 0.6 is 27.5 Å². The van der Waals surface area contributed by atoms with Crippen LogP contribution in [0.4, 0.5) is 5.69 Å². The highest BCUT2D eigenvalue weighted by molar-refractivity contribution is 9.10. The number of amides is 1. The summed E-state index contributed by atoms with van der Waals surface area (Å²) in [6.45, 7) is 2.10. The average Bonchev–Trinajstić information content (AvgIpc) is 2.62. The van der Waals surface area contributed by atoms with Crippen LogP contribution in [0.25, 0.3) is 0 Å². The number of anilines is 1. The van der Waals surface area contributed by atoms with E-state index in [9.17, 15) is 4.79 Å². The molecule has 0 aliphatic heterocycles. The van der Waals surface area contributed by atoms with Gasteiger partial charge in [-0.1, -0.05) is 30.7 Å². The van der Waals surface area contributed by atoms with Gasteiger partial charge in [0.1, 0.15) is 5.15 Å². The molecule has 5 nitrogen and oxygen atoms in total. The van der Waals surface area contributed by atoms with E-state index in [4.69, 9.17) is 11.6 Å². The standard InChI is InChI=1S/C19H16BrClN4O/c1-12(5-17-10-23-11-18(21)24-17)13-3-2-4-16(7-13)25-19(26)14-6-15(20)9-22-8-14/h2-4,6-12H,5H2,1H3,(H,25,26)/t12-/m1/s1. The number of hydrogen-bond acceptors (Lipinski definition) is 4. The highest BCUT2D eigenvalue weighted by Crippen LogP contribution is 2.23. The molecule has 26 heavy (non-hydrogen) atoms. The summed E-state index contributed by atoms with van der Waals surface area (Å²) in [6.07, 6.45) is 7.11. The molecule has 0 aliphatic rings. The molecule has 0 fully saturated rings. The Morgan fingerprint density at radius 3 is 2.77 bits per heavy atom. The predicted octanol–water partition coefficient (Wildman–Crippen LogP) is 4.89. The number of carbonyl (C=O) groups excluding carboxylic acids is 1. The van der Waals surface area contributed by atoms with Crippen molar-refractivity contribution in [3.05, 3.63) is 81.6 Å². The fraction of sp³-hybridized carbons (Fsp3) is 0.158. The summed E-state index contributed by atoms with van der Waals surface area (Å²) in [6, 6.07) is 9.50. The number of rotatable bonds is 5. The summed E-state index contributed by atoms with van der Waals surface area (Å²) in [4.78, 5) is 24.7. The molecular weight excluding hydrogens is 416 g/mol. The molecule has 3 aromatic rings. The van der Waals surface area contributed by atoms with E-state index in [0.29, 0.717) is 17.1 Å². The van der Waals surface area contributed by atoms with Gasteiger partial charge in [-0.3, -0.25) is 14.8 Å². The van der Waals surface area contributed by atoms with Crippen molar-refractivity contribution in [2.45, 2.75) is 19.3 Å². The number of nitrogens with one attached hydrogen (secondary N) is 1. The van der Waals surface area contributed by atoms with Gasteiger partial charge in [0.05, 0.1) is 17.5 Å². The molecule has 1 aromatic carbocycles. The third-order valence-electron chi connectivity index (χ3n) is 3.85. The molecule has 0 unspecified atom stereocenters. The molecule has 0 aliphatic carbocycles. The molecule has 3 rings (SSSR count). The lowest BCUT2D eigenvalue weighted by molar-refractivity contribution is 0.102. The van der Waals surface area contributed by atoms with Crippen molar-refractivity contribution in [3.63, 3.8) is 0 Å². The lowest BCUT2D eigenvalue weighted by atomic mass is 9.96. The number of carbonyl (C=O) groups is 1. The summed E-state index contributed by atoms with van der Waals surface area (Å²) < 4.78 is 0.759. The number of halogens is 2. The highest BCUT2D eigenvalue weighted by atomic mass is 79.9. The zero-order valence-corrected chi connectivity index (χ0v) is 16.3. The molecule has 2 heterocycles. The second-order valence-corrected chi connectivity index (χ2v) is 7.21. The first-order valence-electron chi connectivity index (χ1n) is 7.99. The van der Waals surface area contributed by atoms with Crippen LogP contribution in [0, 0.1) is 0 Å². The van der Waals surface area contributed by atoms with Gasteiger partial charge in [-0.15, -0.1) is 0 Å². The highest BCUT2D eigenvalue weighted by Gasteiger charge is 2.11. The predicted molar refractivity (Wildman–Crippen MR) is 105 cm³/mol. The molecule has 0 radical (unpaired) electrons. The largest absolute Gasteiger partial charge is 0.322 e. The lowest BCUT2D eigenvalue weighted by Crippen LogP contribution is -2.12. The number of hydrogen-bond donors (Lipinski definition) is 1. The Labute approximate surface area is 165 Å². The van der Waals surface area contributed by atoms with Crippen molar-refractivity contribution in [1.82, 2.24) is 15.0 Å². The lowest BCUT2D eigenvalue weighted by Gasteiger charge is -2.13. The normalized spacial score (nSPS) is 11.8. The van der Waals surface area contributed by atoms with Gasteiger partial charge in [0.25, 0.3) is 5.91 Å². The maximum Gasteiger partial charge on any atom is 0.257 e. The van der Waals surface area contributed by atoms with Gasteiger partial charge >= 0.3 is 0 Å². The Morgan fingerprint density at radius 1 is 1.19 bits per heavy atom. The van der Waals surface area contributed by atoms with Gasteiger partial charge in [0.2, 0.25) is 0 Å². The fourth-order valence-electron chi connectivity index (χ4n) is 2.57. The maximum absolute atomic E-state index is 12.4. The molecule has 1 atom stereocenters. The van der Waals surface area contributed by atoms with Gasteiger partial charge in [0.15, 0.2) is 0 Å². The van der Waals surface area contributed by atoms with Crippen LogP contribution in [0.1, 0.15) is 34.5 Å². The first-order valence-corrected chi connectivity index (χ1v) is 9.16. The van der Waals surface area contributed by atoms with Crippen LogP contribution < -0.4 is 5.32 Å². The zero-order chi connectivity index (χ0) is 18.5. The number of pyridine rings is 1. The average molecular weight is 432 g/mol. The molecular formula is C19H16BrClN4O. The van der Waals surface area contributed by atoms with Gasteiger partial charge in [-0.2, -0.15) is 0 Å². The van der Waals surface area contributed by atoms with E-state index in [1.54, 1.807) is 18.5 Å². The Morgan fingerprint density at radius 2 is 2.00 bits per heavy atom. The van der Waals surface area contributed by atoms with Crippen molar-refractivity contribution in [2.24, 2.45) is 0 Å². The second kappa shape index (κ2) is 8.38. The molecule has 2 aromatic heterocycles. The smallest absolute Gasteiger partial charge is 0.257 e. The Balaban J connectivity index is 1.72. The van der Waals surface area contributed by atoms with E-state index < -0.39 is 0 Å². The molecule has 132 valence electrons. The first-order chi connectivity index (χ1) is 12.5. The van der Waals surface area contributed by atoms with Crippen molar-refractivity contribution < 1.29 is 4.79 Å². The monoisotopic (exact) mass is 430 g/mol. The van der Waals surface area contributed by atoms with Crippen LogP contribution in [-0.4, -0.2) is 20.9 Å². The molecule has 0 spiro atoms. The maximum atomic E-state index is 12.4. The Kier molecular flexibility index (Phi) is 5.96. The summed E-state index contributed by atoms with van der Waals surface area (Å²) in [5.74, 6) is -0.00327. The van der Waals surface area contributed by atoms with Crippen LogP contribution in [0.15, 0.2) is 59.6 Å². The van der Waals surface area contributed by atoms with E-state index in [0.717, 1.165) is 21.4 Å². The fourth-order valence-corrected chi connectivity index (χ4v) is 3.10. The third kappa shape index (κ3) is 4.86. The van der Waals surface area contributed by atoms with Crippen molar-refractivity contribution in [3.8, 4) is 0 Å². The third-order valence-corrected chi connectivity index (χ3v) is 4.47. The van der Waals surface area contributed by atoms with Crippen molar-refractivity contribution >= 4 is 39.1 Å². The number of nitrogens with zero attached hydrogens (tertiary/aromatic N) is 3. The van der Waals surface area contributed by atoms with E-state index in [1.807, 2.05) is 24.3 Å². The van der Waals surface area contributed by atoms with Crippen molar-refractivity contribution in [2.75, 3.05) is 5.32 Å². The van der Waals surface area contributed by atoms with Crippen LogP contribution in [0.2, 0.25) is 5.15 Å². The quantitative estimate of drug-likeness (QED) is 0.625. The second-order valence-electron chi connectivity index (χ2n) is 5.91. The minimum Gasteiger partial charge on any atom is -0.322 e. The van der Waals surface area contributed by atoms with Gasteiger partial charge in [0, 0.05) is 28.8 Å². The summed E-state index contributed by atoms with van der Waals surface area (Å²) in [5, 5.41) is 3.29. The minimum atomic E-state index is -0.204. The van der Waals surface area contributed by atoms with Crippen LogP contribution in [0.3, 0.4) is 0 Å². The number of benzene rings is 1. The molecule has 0 saturated heterocycles. The van der Waals surface area contributed by atoms with E-state index >= 15 is 0 Å². The molecule has 7 heteroatoms. The summed E-state index contributed by atoms with van der Waals surface area (Å²) >= 11 is 9.22. The zero-order valence-electron chi connectivity index (χ0n) is 14.0. The van der Waals surface area contributed by atoms with E-state index in [2.05, 4.69) is 43.1 Å². The summed E-state index contributed by atoms with van der Waals surface area (Å²) in [5.41, 5.74) is 3.15. The van der Waals surface area contributed by atoms with Gasteiger partial charge in [-0.25, -0.2) is 4.98 Å². The van der Waals surface area contributed by atoms with E-state index in [1.165, 1.54) is 12.4 Å². The van der Waals surface area contributed by atoms with Crippen LogP contribution in [-0.2, 0) is 6.42 Å². The Bertz CT molecular complexity index is 935. The van der Waals surface area contributed by atoms with Gasteiger partial charge < -0.3 is 5.32 Å². The molecule has 0 bridgehead atoms. The van der Waals surface area contributed by atoms with Crippen molar-refractivity contribution in [1.29, 1.82) is 0 Å². The first kappa shape index (κ1) is 18.5. The molecule has 1 N–H and O–H groups in total. The van der Waals surface area contributed by atoms with E-state index in [-0.39, 0.29) is 11.8 Å². The minimum absolute atomic E-state index is 0.201.